The van der Waals surface area contributed by atoms with Crippen LogP contribution in [-0.4, -0.2) is 4.98 Å². The van der Waals surface area contributed by atoms with Crippen LogP contribution in [0.1, 0.15) is 5.56 Å². The first-order valence-electron chi connectivity index (χ1n) is 6.04. The summed E-state index contributed by atoms with van der Waals surface area (Å²) in [5, 5.41) is 1.66. The zero-order valence-corrected chi connectivity index (χ0v) is 11.8. The molecule has 0 fully saturated rings. The molecular formula is C16H12ClNS. The van der Waals surface area contributed by atoms with E-state index in [1.54, 1.807) is 0 Å². The highest BCUT2D eigenvalue weighted by molar-refractivity contribution is 7.98. The fraction of sp³-hybridized carbons (Fsp3) is 0.0625. The largest absolute Gasteiger partial charge is 0.236 e. The van der Waals surface area contributed by atoms with Crippen molar-refractivity contribution in [2.24, 2.45) is 0 Å². The van der Waals surface area contributed by atoms with Crippen molar-refractivity contribution in [1.29, 1.82) is 0 Å². The van der Waals surface area contributed by atoms with Crippen molar-refractivity contribution in [3.63, 3.8) is 0 Å². The van der Waals surface area contributed by atoms with E-state index in [1.807, 2.05) is 30.0 Å². The third kappa shape index (κ3) is 3.09. The molecule has 3 rings (SSSR count). The number of hydrogen-bond acceptors (Lipinski definition) is 2. The number of hydrogen-bond donors (Lipinski definition) is 0. The molecule has 94 valence electrons. The maximum absolute atomic E-state index is 5.93. The van der Waals surface area contributed by atoms with Crippen LogP contribution in [0, 0.1) is 0 Å². The summed E-state index contributed by atoms with van der Waals surface area (Å²) in [6.45, 7) is 0. The van der Waals surface area contributed by atoms with E-state index in [2.05, 4.69) is 47.4 Å². The van der Waals surface area contributed by atoms with E-state index < -0.39 is 0 Å². The van der Waals surface area contributed by atoms with Gasteiger partial charge in [-0.25, -0.2) is 4.98 Å². The number of fused-ring (bicyclic) bond motifs is 1. The summed E-state index contributed by atoms with van der Waals surface area (Å²) in [4.78, 5) is 5.56. The van der Waals surface area contributed by atoms with Crippen molar-refractivity contribution >= 4 is 34.3 Å². The third-order valence-corrected chi connectivity index (χ3v) is 4.15. The lowest BCUT2D eigenvalue weighted by Crippen LogP contribution is -1.82. The summed E-state index contributed by atoms with van der Waals surface area (Å²) < 4.78 is 0. The molecule has 3 heteroatoms. The predicted molar refractivity (Wildman–Crippen MR) is 82.8 cm³/mol. The van der Waals surface area contributed by atoms with Crippen LogP contribution in [0.4, 0.5) is 0 Å². The molecule has 1 heterocycles. The number of halogens is 1. The zero-order chi connectivity index (χ0) is 13.1. The molecule has 0 saturated carbocycles. The Morgan fingerprint density at radius 2 is 1.74 bits per heavy atom. The molecule has 0 aliphatic rings. The topological polar surface area (TPSA) is 12.9 Å². The first kappa shape index (κ1) is 12.5. The molecule has 3 aromatic rings. The number of aromatic nitrogens is 1. The Morgan fingerprint density at radius 3 is 2.58 bits per heavy atom. The highest BCUT2D eigenvalue weighted by atomic mass is 35.5. The summed E-state index contributed by atoms with van der Waals surface area (Å²) in [5.74, 6) is 0.965. The fourth-order valence-corrected chi connectivity index (χ4v) is 2.94. The summed E-state index contributed by atoms with van der Waals surface area (Å²) in [5.41, 5.74) is 2.28. The van der Waals surface area contributed by atoms with Crippen LogP contribution in [-0.2, 0) is 5.75 Å². The number of pyridine rings is 1. The lowest BCUT2D eigenvalue weighted by Gasteiger charge is -2.04. The van der Waals surface area contributed by atoms with Crippen molar-refractivity contribution in [3.05, 3.63) is 71.4 Å². The van der Waals surface area contributed by atoms with Gasteiger partial charge in [-0.1, -0.05) is 48.0 Å². The van der Waals surface area contributed by atoms with E-state index in [4.69, 9.17) is 11.6 Å². The summed E-state index contributed by atoms with van der Waals surface area (Å²) in [6.07, 6.45) is 0. The molecule has 1 nitrogen and oxygen atoms in total. The molecule has 0 aliphatic heterocycles. The number of nitrogens with zero attached hydrogens (tertiary/aromatic N) is 1. The van der Waals surface area contributed by atoms with Crippen molar-refractivity contribution in [2.45, 2.75) is 10.6 Å². The van der Waals surface area contributed by atoms with Crippen LogP contribution in [0.25, 0.3) is 10.9 Å². The lowest BCUT2D eigenvalue weighted by molar-refractivity contribution is 1.36. The maximum atomic E-state index is 5.93. The molecule has 1 aromatic heterocycles. The molecule has 19 heavy (non-hydrogen) atoms. The van der Waals surface area contributed by atoms with Crippen molar-refractivity contribution in [2.75, 3.05) is 0 Å². The normalized spacial score (nSPS) is 10.8. The lowest BCUT2D eigenvalue weighted by atomic mass is 10.2. The second-order valence-electron chi connectivity index (χ2n) is 4.26. The van der Waals surface area contributed by atoms with Gasteiger partial charge in [0, 0.05) is 16.0 Å². The second-order valence-corrected chi connectivity index (χ2v) is 5.70. The first-order valence-corrected chi connectivity index (χ1v) is 7.41. The van der Waals surface area contributed by atoms with E-state index >= 15 is 0 Å². The van der Waals surface area contributed by atoms with Gasteiger partial charge in [0.15, 0.2) is 0 Å². The molecule has 0 spiro atoms. The Bertz CT molecular complexity index is 697. The number of rotatable bonds is 3. The zero-order valence-electron chi connectivity index (χ0n) is 10.2. The Morgan fingerprint density at radius 1 is 0.947 bits per heavy atom. The minimum Gasteiger partial charge on any atom is -0.236 e. The van der Waals surface area contributed by atoms with Gasteiger partial charge < -0.3 is 0 Å². The second kappa shape index (κ2) is 5.64. The van der Waals surface area contributed by atoms with Crippen LogP contribution in [0.5, 0.6) is 0 Å². The van der Waals surface area contributed by atoms with E-state index in [9.17, 15) is 0 Å². The standard InChI is InChI=1S/C16H12ClNS/c17-16-9-7-13-6-8-14(10-15(13)18-16)19-11-12-4-2-1-3-5-12/h1-10H,11H2. The van der Waals surface area contributed by atoms with E-state index in [1.165, 1.54) is 10.5 Å². The Balaban J connectivity index is 1.81. The highest BCUT2D eigenvalue weighted by Crippen LogP contribution is 2.26. The molecular weight excluding hydrogens is 274 g/mol. The molecule has 2 aromatic carbocycles. The summed E-state index contributed by atoms with van der Waals surface area (Å²) in [6, 6.07) is 20.6. The quantitative estimate of drug-likeness (QED) is 0.486. The van der Waals surface area contributed by atoms with Gasteiger partial charge in [0.25, 0.3) is 0 Å². The van der Waals surface area contributed by atoms with Gasteiger partial charge in [-0.3, -0.25) is 0 Å². The molecule has 0 bridgehead atoms. The first-order chi connectivity index (χ1) is 9.31. The Kier molecular flexibility index (Phi) is 3.72. The van der Waals surface area contributed by atoms with Crippen LogP contribution in [0.2, 0.25) is 5.15 Å². The highest BCUT2D eigenvalue weighted by Gasteiger charge is 2.00. The number of benzene rings is 2. The Hall–Kier alpha value is -1.51. The van der Waals surface area contributed by atoms with Gasteiger partial charge in [-0.15, -0.1) is 11.8 Å². The van der Waals surface area contributed by atoms with Crippen LogP contribution in [0.3, 0.4) is 0 Å². The molecule has 0 radical (unpaired) electrons. The van der Waals surface area contributed by atoms with Crippen molar-refractivity contribution in [3.8, 4) is 0 Å². The van der Waals surface area contributed by atoms with E-state index in [0.717, 1.165) is 16.7 Å². The van der Waals surface area contributed by atoms with Gasteiger partial charge in [-0.05, 0) is 29.8 Å². The Labute approximate surface area is 121 Å². The van der Waals surface area contributed by atoms with Gasteiger partial charge >= 0.3 is 0 Å². The fourth-order valence-electron chi connectivity index (χ4n) is 1.90. The van der Waals surface area contributed by atoms with Crippen molar-refractivity contribution < 1.29 is 0 Å². The van der Waals surface area contributed by atoms with Gasteiger partial charge in [0.2, 0.25) is 0 Å². The van der Waals surface area contributed by atoms with Crippen LogP contribution < -0.4 is 0 Å². The summed E-state index contributed by atoms with van der Waals surface area (Å²) >= 11 is 7.74. The minimum atomic E-state index is 0.540. The van der Waals surface area contributed by atoms with Gasteiger partial charge in [-0.2, -0.15) is 0 Å². The molecule has 0 atom stereocenters. The van der Waals surface area contributed by atoms with Crippen LogP contribution in [0.15, 0.2) is 65.6 Å². The number of thioether (sulfide) groups is 1. The van der Waals surface area contributed by atoms with Crippen molar-refractivity contribution in [1.82, 2.24) is 4.98 Å². The SMILES string of the molecule is Clc1ccc2ccc(SCc3ccccc3)cc2n1. The molecule has 0 amide bonds. The molecule has 0 unspecified atom stereocenters. The average Bonchev–Trinajstić information content (AvgIpc) is 2.46. The van der Waals surface area contributed by atoms with Gasteiger partial charge in [0.05, 0.1) is 5.52 Å². The van der Waals surface area contributed by atoms with E-state index in [0.29, 0.717) is 5.15 Å². The maximum Gasteiger partial charge on any atom is 0.129 e. The average molecular weight is 286 g/mol. The monoisotopic (exact) mass is 285 g/mol. The molecule has 0 saturated heterocycles. The van der Waals surface area contributed by atoms with Gasteiger partial charge in [0.1, 0.15) is 5.15 Å². The third-order valence-electron chi connectivity index (χ3n) is 2.88. The minimum absolute atomic E-state index is 0.540. The predicted octanol–water partition coefficient (Wildman–Crippen LogP) is 5.18. The smallest absolute Gasteiger partial charge is 0.129 e. The summed E-state index contributed by atoms with van der Waals surface area (Å²) in [7, 11) is 0. The molecule has 0 N–H and O–H groups in total. The van der Waals surface area contributed by atoms with Crippen LogP contribution >= 0.6 is 23.4 Å². The molecule has 0 aliphatic carbocycles. The van der Waals surface area contributed by atoms with E-state index in [-0.39, 0.29) is 0 Å².